The van der Waals surface area contributed by atoms with E-state index in [9.17, 15) is 14.0 Å². The second-order valence-corrected chi connectivity index (χ2v) is 8.73. The van der Waals surface area contributed by atoms with E-state index in [1.807, 2.05) is 30.3 Å². The first-order valence-electron chi connectivity index (χ1n) is 11.9. The lowest BCUT2D eigenvalue weighted by Gasteiger charge is -2.30. The van der Waals surface area contributed by atoms with Crippen LogP contribution in [0.3, 0.4) is 0 Å². The molecule has 0 aliphatic carbocycles. The largest absolute Gasteiger partial charge is 0.466 e. The van der Waals surface area contributed by atoms with Crippen LogP contribution in [0.2, 0.25) is 0 Å². The van der Waals surface area contributed by atoms with Gasteiger partial charge in [-0.05, 0) is 43.0 Å². The van der Waals surface area contributed by atoms with Crippen molar-refractivity contribution in [3.05, 3.63) is 89.4 Å². The number of aromatic nitrogens is 1. The molecule has 1 aliphatic heterocycles. The molecule has 1 saturated heterocycles. The number of carbonyl (C=O) groups excluding carboxylic acids is 2. The average molecular weight is 480 g/mol. The Morgan fingerprint density at radius 2 is 1.80 bits per heavy atom. The molecule has 4 rings (SSSR count). The molecule has 1 fully saturated rings. The van der Waals surface area contributed by atoms with Crippen LogP contribution in [0.25, 0.3) is 0 Å². The van der Waals surface area contributed by atoms with Gasteiger partial charge in [0.25, 0.3) is 5.91 Å². The van der Waals surface area contributed by atoms with Crippen LogP contribution in [0.4, 0.5) is 4.39 Å². The highest BCUT2D eigenvalue weighted by Gasteiger charge is 2.31. The number of halogens is 1. The number of oxazole rings is 1. The van der Waals surface area contributed by atoms with Crippen LogP contribution in [0.5, 0.6) is 0 Å². The summed E-state index contributed by atoms with van der Waals surface area (Å²) in [5.41, 5.74) is 2.31. The number of likely N-dealkylation sites (tertiary alicyclic amines) is 1. The summed E-state index contributed by atoms with van der Waals surface area (Å²) >= 11 is 0. The van der Waals surface area contributed by atoms with Gasteiger partial charge < -0.3 is 14.1 Å². The van der Waals surface area contributed by atoms with Gasteiger partial charge in [0.2, 0.25) is 5.89 Å². The Kier molecular flexibility index (Phi) is 8.26. The molecule has 35 heavy (non-hydrogen) atoms. The fraction of sp³-hybridized carbons (Fsp3) is 0.370. The molecule has 0 bridgehead atoms. The summed E-state index contributed by atoms with van der Waals surface area (Å²) in [6, 6.07) is 16.4. The molecule has 1 aliphatic rings. The number of hydrogen-bond acceptors (Lipinski definition) is 6. The van der Waals surface area contributed by atoms with Crippen molar-refractivity contribution >= 4 is 11.9 Å². The molecule has 8 heteroatoms. The summed E-state index contributed by atoms with van der Waals surface area (Å²) in [6.45, 7) is 4.58. The second-order valence-electron chi connectivity index (χ2n) is 8.73. The van der Waals surface area contributed by atoms with Crippen LogP contribution in [0, 0.1) is 11.7 Å². The smallest absolute Gasteiger partial charge is 0.310 e. The zero-order valence-corrected chi connectivity index (χ0v) is 19.9. The zero-order chi connectivity index (χ0) is 24.6. The predicted octanol–water partition coefficient (Wildman–Crippen LogP) is 4.43. The zero-order valence-electron chi connectivity index (χ0n) is 19.9. The first kappa shape index (κ1) is 24.6. The lowest BCUT2D eigenvalue weighted by Crippen LogP contribution is -2.43. The fourth-order valence-electron chi connectivity index (χ4n) is 4.31. The third-order valence-electron chi connectivity index (χ3n) is 6.03. The first-order chi connectivity index (χ1) is 17.0. The molecular weight excluding hydrogens is 449 g/mol. The molecule has 2 aromatic carbocycles. The van der Waals surface area contributed by atoms with Crippen LogP contribution in [0.15, 0.2) is 65.3 Å². The van der Waals surface area contributed by atoms with Gasteiger partial charge in [-0.3, -0.25) is 14.5 Å². The van der Waals surface area contributed by atoms with Gasteiger partial charge in [-0.2, -0.15) is 0 Å². The van der Waals surface area contributed by atoms with Gasteiger partial charge in [0.05, 0.1) is 19.1 Å². The minimum absolute atomic E-state index is 0.228. The molecule has 0 N–H and O–H groups in total. The van der Waals surface area contributed by atoms with Crippen molar-refractivity contribution < 1.29 is 23.1 Å². The summed E-state index contributed by atoms with van der Waals surface area (Å²) in [5, 5.41) is 0. The number of rotatable bonds is 9. The summed E-state index contributed by atoms with van der Waals surface area (Å²) < 4.78 is 24.1. The van der Waals surface area contributed by atoms with Gasteiger partial charge in [-0.25, -0.2) is 9.37 Å². The Hall–Kier alpha value is -3.52. The quantitative estimate of drug-likeness (QED) is 0.423. The number of ether oxygens (including phenoxy) is 1. The van der Waals surface area contributed by atoms with Gasteiger partial charge in [0, 0.05) is 26.2 Å². The monoisotopic (exact) mass is 479 g/mol. The van der Waals surface area contributed by atoms with Crippen molar-refractivity contribution in [2.75, 3.05) is 19.7 Å². The van der Waals surface area contributed by atoms with Crippen LogP contribution < -0.4 is 0 Å². The molecule has 1 amide bonds. The number of carbonyl (C=O) groups is 2. The molecule has 0 unspecified atom stereocenters. The van der Waals surface area contributed by atoms with Crippen molar-refractivity contribution in [2.24, 2.45) is 5.92 Å². The summed E-state index contributed by atoms with van der Waals surface area (Å²) in [6.07, 6.45) is 2.83. The Morgan fingerprint density at radius 3 is 2.51 bits per heavy atom. The maximum absolute atomic E-state index is 13.4. The van der Waals surface area contributed by atoms with Crippen molar-refractivity contribution in [1.29, 1.82) is 0 Å². The lowest BCUT2D eigenvalue weighted by atomic mass is 9.98. The van der Waals surface area contributed by atoms with E-state index in [0.717, 1.165) is 17.5 Å². The van der Waals surface area contributed by atoms with Crippen molar-refractivity contribution in [1.82, 2.24) is 14.8 Å². The minimum atomic E-state index is -0.309. The Labute approximate surface area is 204 Å². The van der Waals surface area contributed by atoms with Gasteiger partial charge in [-0.1, -0.05) is 42.5 Å². The van der Waals surface area contributed by atoms with E-state index < -0.39 is 0 Å². The number of piperidine rings is 1. The van der Waals surface area contributed by atoms with E-state index in [-0.39, 0.29) is 29.3 Å². The molecule has 7 nitrogen and oxygen atoms in total. The molecule has 184 valence electrons. The molecule has 2 heterocycles. The van der Waals surface area contributed by atoms with Gasteiger partial charge >= 0.3 is 5.97 Å². The van der Waals surface area contributed by atoms with E-state index in [1.54, 1.807) is 24.0 Å². The highest BCUT2D eigenvalue weighted by molar-refractivity contribution is 5.92. The highest BCUT2D eigenvalue weighted by atomic mass is 19.1. The van der Waals surface area contributed by atoms with E-state index in [1.165, 1.54) is 18.4 Å². The Morgan fingerprint density at radius 1 is 1.09 bits per heavy atom. The molecule has 1 atom stereocenters. The van der Waals surface area contributed by atoms with Gasteiger partial charge in [-0.15, -0.1) is 0 Å². The number of nitrogens with zero attached hydrogens (tertiary/aromatic N) is 3. The highest BCUT2D eigenvalue weighted by Crippen LogP contribution is 2.21. The molecule has 1 aromatic heterocycles. The van der Waals surface area contributed by atoms with E-state index in [0.29, 0.717) is 51.6 Å². The average Bonchev–Trinajstić information content (AvgIpc) is 3.34. The second kappa shape index (κ2) is 11.8. The summed E-state index contributed by atoms with van der Waals surface area (Å²) in [5.74, 6) is -0.672. The number of hydrogen-bond donors (Lipinski definition) is 0. The number of amides is 1. The maximum Gasteiger partial charge on any atom is 0.310 e. The van der Waals surface area contributed by atoms with Crippen LogP contribution in [-0.4, -0.2) is 46.4 Å². The third kappa shape index (κ3) is 6.76. The molecule has 0 spiro atoms. The third-order valence-corrected chi connectivity index (χ3v) is 6.03. The van der Waals surface area contributed by atoms with Gasteiger partial charge in [0.15, 0.2) is 5.69 Å². The molecular formula is C27H30FN3O4. The Bertz CT molecular complexity index is 1120. The van der Waals surface area contributed by atoms with E-state index in [2.05, 4.69) is 9.88 Å². The Balaban J connectivity index is 1.44. The standard InChI is InChI=1S/C27H30FN3O4/c1-2-34-27(33)22-9-6-14-31(17-22)26(32)24-19-35-25(29-24)18-30(15-20-7-4-3-5-8-20)16-21-10-12-23(28)13-11-21/h3-5,7-8,10-13,19,22H,2,6,9,14-18H2,1H3/t22-/m1/s1. The SMILES string of the molecule is CCOC(=O)[C@@H]1CCCN(C(=O)c2coc(CN(Cc3ccccc3)Cc3ccc(F)cc3)n2)C1. The summed E-state index contributed by atoms with van der Waals surface area (Å²) in [7, 11) is 0. The van der Waals surface area contributed by atoms with Crippen molar-refractivity contribution in [2.45, 2.75) is 39.4 Å². The normalized spacial score (nSPS) is 15.9. The fourth-order valence-corrected chi connectivity index (χ4v) is 4.31. The maximum atomic E-state index is 13.4. The molecule has 0 radical (unpaired) electrons. The molecule has 0 saturated carbocycles. The minimum Gasteiger partial charge on any atom is -0.466 e. The van der Waals surface area contributed by atoms with Gasteiger partial charge in [0.1, 0.15) is 12.1 Å². The van der Waals surface area contributed by atoms with Crippen LogP contribution in [0.1, 0.15) is 47.3 Å². The van der Waals surface area contributed by atoms with Crippen LogP contribution >= 0.6 is 0 Å². The lowest BCUT2D eigenvalue weighted by molar-refractivity contribution is -0.149. The predicted molar refractivity (Wildman–Crippen MR) is 128 cm³/mol. The van der Waals surface area contributed by atoms with E-state index in [4.69, 9.17) is 9.15 Å². The summed E-state index contributed by atoms with van der Waals surface area (Å²) in [4.78, 5) is 33.4. The van der Waals surface area contributed by atoms with Crippen molar-refractivity contribution in [3.63, 3.8) is 0 Å². The van der Waals surface area contributed by atoms with Crippen molar-refractivity contribution in [3.8, 4) is 0 Å². The number of benzene rings is 2. The van der Waals surface area contributed by atoms with Crippen LogP contribution in [-0.2, 0) is 29.2 Å². The topological polar surface area (TPSA) is 75.9 Å². The first-order valence-corrected chi connectivity index (χ1v) is 11.9. The number of esters is 1. The molecule has 3 aromatic rings. The van der Waals surface area contributed by atoms with E-state index >= 15 is 0 Å².